The lowest BCUT2D eigenvalue weighted by molar-refractivity contribution is 0.0581. The van der Waals surface area contributed by atoms with Crippen LogP contribution < -0.4 is 5.73 Å². The highest BCUT2D eigenvalue weighted by Gasteiger charge is 2.22. The average Bonchev–Trinajstić information content (AvgIpc) is 2.27. The smallest absolute Gasteiger partial charge is 0.357 e. The molecule has 0 unspecified atom stereocenters. The minimum atomic E-state index is -2.78. The van der Waals surface area contributed by atoms with E-state index in [4.69, 9.17) is 5.73 Å². The zero-order valence-corrected chi connectivity index (χ0v) is 10.5. The number of halogens is 3. The van der Waals surface area contributed by atoms with E-state index in [9.17, 15) is 13.6 Å². The van der Waals surface area contributed by atoms with E-state index in [-0.39, 0.29) is 12.2 Å². The third-order valence-electron chi connectivity index (χ3n) is 1.89. The van der Waals surface area contributed by atoms with Crippen molar-refractivity contribution in [1.29, 1.82) is 0 Å². The maximum absolute atomic E-state index is 12.7. The molecule has 0 amide bonds. The molecule has 0 atom stereocenters. The number of nitrogens with two attached hydrogens (primary N) is 1. The molecule has 88 valence electrons. The molecule has 0 saturated carbocycles. The molecule has 0 saturated heterocycles. The van der Waals surface area contributed by atoms with Crippen LogP contribution in [0.5, 0.6) is 0 Å². The second kappa shape index (κ2) is 5.48. The van der Waals surface area contributed by atoms with Gasteiger partial charge in [-0.05, 0) is 28.7 Å². The van der Waals surface area contributed by atoms with E-state index in [0.717, 1.165) is 7.11 Å². The SMILES string of the molecule is COC(=O)c1nc(CN)c(I)cc1C(F)F. The number of pyridine rings is 1. The number of hydrogen-bond acceptors (Lipinski definition) is 4. The summed E-state index contributed by atoms with van der Waals surface area (Å²) in [5, 5.41) is 0. The third-order valence-corrected chi connectivity index (χ3v) is 2.82. The Balaban J connectivity index is 3.36. The Morgan fingerprint density at radius 1 is 1.69 bits per heavy atom. The lowest BCUT2D eigenvalue weighted by atomic mass is 10.1. The number of carbonyl (C=O) groups excluding carboxylic acids is 1. The highest BCUT2D eigenvalue weighted by molar-refractivity contribution is 14.1. The van der Waals surface area contributed by atoms with E-state index in [1.54, 1.807) is 0 Å². The summed E-state index contributed by atoms with van der Waals surface area (Å²) < 4.78 is 30.2. The molecule has 0 aliphatic carbocycles. The molecule has 0 fully saturated rings. The average molecular weight is 342 g/mol. The van der Waals surface area contributed by atoms with Gasteiger partial charge in [0.05, 0.1) is 18.4 Å². The van der Waals surface area contributed by atoms with Gasteiger partial charge in [0.25, 0.3) is 6.43 Å². The Labute approximate surface area is 104 Å². The number of alkyl halides is 2. The molecule has 0 radical (unpaired) electrons. The highest BCUT2D eigenvalue weighted by atomic mass is 127. The summed E-state index contributed by atoms with van der Waals surface area (Å²) in [4.78, 5) is 15.1. The van der Waals surface area contributed by atoms with Crippen molar-refractivity contribution in [2.24, 2.45) is 5.73 Å². The zero-order valence-electron chi connectivity index (χ0n) is 8.34. The van der Waals surface area contributed by atoms with Crippen LogP contribution in [-0.4, -0.2) is 18.1 Å². The third kappa shape index (κ3) is 2.64. The van der Waals surface area contributed by atoms with Gasteiger partial charge >= 0.3 is 5.97 Å². The van der Waals surface area contributed by atoms with Gasteiger partial charge in [-0.15, -0.1) is 0 Å². The first-order chi connectivity index (χ1) is 7.51. The first-order valence-electron chi connectivity index (χ1n) is 4.27. The first-order valence-corrected chi connectivity index (χ1v) is 5.35. The van der Waals surface area contributed by atoms with Gasteiger partial charge in [-0.25, -0.2) is 18.6 Å². The largest absolute Gasteiger partial charge is 0.464 e. The zero-order chi connectivity index (χ0) is 12.3. The Morgan fingerprint density at radius 2 is 2.31 bits per heavy atom. The fraction of sp³-hybridized carbons (Fsp3) is 0.333. The van der Waals surface area contributed by atoms with Gasteiger partial charge in [0, 0.05) is 10.1 Å². The maximum Gasteiger partial charge on any atom is 0.357 e. The van der Waals surface area contributed by atoms with Gasteiger partial charge in [-0.3, -0.25) is 0 Å². The molecule has 2 N–H and O–H groups in total. The lowest BCUT2D eigenvalue weighted by Gasteiger charge is -2.09. The number of ether oxygens (including phenoxy) is 1. The maximum atomic E-state index is 12.7. The fourth-order valence-corrected chi connectivity index (χ4v) is 1.79. The van der Waals surface area contributed by atoms with Crippen molar-refractivity contribution < 1.29 is 18.3 Å². The van der Waals surface area contributed by atoms with Crippen LogP contribution >= 0.6 is 22.6 Å². The molecular weight excluding hydrogens is 333 g/mol. The molecule has 7 heteroatoms. The summed E-state index contributed by atoms with van der Waals surface area (Å²) >= 11 is 1.84. The predicted octanol–water partition coefficient (Wildman–Crippen LogP) is 1.87. The topological polar surface area (TPSA) is 65.2 Å². The summed E-state index contributed by atoms with van der Waals surface area (Å²) in [5.74, 6) is -0.888. The van der Waals surface area contributed by atoms with Gasteiger partial charge in [-0.2, -0.15) is 0 Å². The minimum Gasteiger partial charge on any atom is -0.464 e. The molecule has 16 heavy (non-hydrogen) atoms. The number of rotatable bonds is 3. The van der Waals surface area contributed by atoms with Crippen molar-refractivity contribution in [3.63, 3.8) is 0 Å². The Morgan fingerprint density at radius 3 is 2.75 bits per heavy atom. The van der Waals surface area contributed by atoms with Crippen LogP contribution in [0, 0.1) is 3.57 Å². The number of hydrogen-bond donors (Lipinski definition) is 1. The molecule has 0 spiro atoms. The quantitative estimate of drug-likeness (QED) is 0.673. The van der Waals surface area contributed by atoms with Gasteiger partial charge in [0.2, 0.25) is 0 Å². The van der Waals surface area contributed by atoms with Crippen molar-refractivity contribution in [2.75, 3.05) is 7.11 Å². The van der Waals surface area contributed by atoms with Crippen molar-refractivity contribution in [3.8, 4) is 0 Å². The van der Waals surface area contributed by atoms with Gasteiger partial charge in [-0.1, -0.05) is 0 Å². The summed E-state index contributed by atoms with van der Waals surface area (Å²) in [6.07, 6.45) is -2.78. The normalized spacial score (nSPS) is 10.6. The Hall–Kier alpha value is -0.830. The molecule has 1 rings (SSSR count). The standard InChI is InChI=1S/C9H9F2IN2O2/c1-16-9(15)7-4(8(10)11)2-5(12)6(3-13)14-7/h2,8H,3,13H2,1H3. The van der Waals surface area contributed by atoms with E-state index >= 15 is 0 Å². The van der Waals surface area contributed by atoms with E-state index in [2.05, 4.69) is 9.72 Å². The molecule has 0 aliphatic rings. The van der Waals surface area contributed by atoms with Crippen molar-refractivity contribution in [2.45, 2.75) is 13.0 Å². The van der Waals surface area contributed by atoms with Gasteiger partial charge in [0.1, 0.15) is 0 Å². The van der Waals surface area contributed by atoms with Crippen LogP contribution in [0.2, 0.25) is 0 Å². The van der Waals surface area contributed by atoms with E-state index in [0.29, 0.717) is 9.26 Å². The second-order valence-corrected chi connectivity index (χ2v) is 4.01. The summed E-state index contributed by atoms with van der Waals surface area (Å²) in [6.45, 7) is 0.0752. The van der Waals surface area contributed by atoms with Crippen LogP contribution in [0.1, 0.15) is 28.2 Å². The van der Waals surface area contributed by atoms with Crippen LogP contribution in [0.25, 0.3) is 0 Å². The minimum absolute atomic E-state index is 0.0752. The number of esters is 1. The van der Waals surface area contributed by atoms with E-state index in [1.807, 2.05) is 22.6 Å². The summed E-state index contributed by atoms with van der Waals surface area (Å²) in [7, 11) is 1.11. The molecular formula is C9H9F2IN2O2. The molecule has 4 nitrogen and oxygen atoms in total. The van der Waals surface area contributed by atoms with Crippen LogP contribution in [0.15, 0.2) is 6.07 Å². The van der Waals surface area contributed by atoms with Gasteiger partial charge < -0.3 is 10.5 Å². The summed E-state index contributed by atoms with van der Waals surface area (Å²) in [6, 6.07) is 1.20. The molecule has 0 bridgehead atoms. The number of nitrogens with zero attached hydrogens (tertiary/aromatic N) is 1. The number of methoxy groups -OCH3 is 1. The Kier molecular flexibility index (Phi) is 4.54. The van der Waals surface area contributed by atoms with Crippen molar-refractivity contribution in [1.82, 2.24) is 4.98 Å². The van der Waals surface area contributed by atoms with E-state index < -0.39 is 18.0 Å². The van der Waals surface area contributed by atoms with Crippen molar-refractivity contribution >= 4 is 28.6 Å². The van der Waals surface area contributed by atoms with Crippen LogP contribution in [0.3, 0.4) is 0 Å². The predicted molar refractivity (Wildman–Crippen MR) is 61.1 cm³/mol. The van der Waals surface area contributed by atoms with Crippen LogP contribution in [-0.2, 0) is 11.3 Å². The number of aromatic nitrogens is 1. The highest BCUT2D eigenvalue weighted by Crippen LogP contribution is 2.25. The first kappa shape index (κ1) is 13.2. The van der Waals surface area contributed by atoms with Crippen LogP contribution in [0.4, 0.5) is 8.78 Å². The molecule has 0 aliphatic heterocycles. The van der Waals surface area contributed by atoms with Gasteiger partial charge in [0.15, 0.2) is 5.69 Å². The molecule has 1 aromatic heterocycles. The van der Waals surface area contributed by atoms with E-state index in [1.165, 1.54) is 6.07 Å². The molecule has 1 aromatic rings. The summed E-state index contributed by atoms with van der Waals surface area (Å²) in [5.41, 5.74) is 4.96. The molecule has 0 aromatic carbocycles. The molecule has 1 heterocycles. The second-order valence-electron chi connectivity index (χ2n) is 2.85. The lowest BCUT2D eigenvalue weighted by Crippen LogP contribution is -2.14. The monoisotopic (exact) mass is 342 g/mol. The number of carbonyl (C=O) groups is 1. The van der Waals surface area contributed by atoms with Crippen molar-refractivity contribution in [3.05, 3.63) is 26.6 Å². The fourth-order valence-electron chi connectivity index (χ4n) is 1.11. The Bertz CT molecular complexity index is 413.